The fraction of sp³-hybridized carbons (Fsp3) is 0.529. The number of halogens is 1. The number of hydrogen-bond acceptors (Lipinski definition) is 2. The van der Waals surface area contributed by atoms with Crippen molar-refractivity contribution in [3.63, 3.8) is 0 Å². The third-order valence-corrected chi connectivity index (χ3v) is 6.08. The van der Waals surface area contributed by atoms with E-state index < -0.39 is 0 Å². The largest absolute Gasteiger partial charge is 0.274 e. The molecule has 2 amide bonds. The SMILES string of the molecule is CCc1cc(Br)ccc1N1C(=O)[C@@H]2[C@H]3CC[C@@H](C3)[C@@H]2C1=O. The van der Waals surface area contributed by atoms with Gasteiger partial charge in [0.05, 0.1) is 17.5 Å². The molecule has 2 aliphatic carbocycles. The van der Waals surface area contributed by atoms with Crippen molar-refractivity contribution in [2.45, 2.75) is 32.6 Å². The van der Waals surface area contributed by atoms with E-state index in [1.54, 1.807) is 0 Å². The van der Waals surface area contributed by atoms with Crippen molar-refractivity contribution in [1.82, 2.24) is 0 Å². The minimum Gasteiger partial charge on any atom is -0.274 e. The molecule has 1 aliphatic heterocycles. The van der Waals surface area contributed by atoms with Gasteiger partial charge in [0.25, 0.3) is 0 Å². The predicted molar refractivity (Wildman–Crippen MR) is 83.8 cm³/mol. The number of amides is 2. The fourth-order valence-electron chi connectivity index (χ4n) is 4.70. The Morgan fingerprint density at radius 3 is 2.33 bits per heavy atom. The first-order valence-electron chi connectivity index (χ1n) is 7.78. The Morgan fingerprint density at radius 1 is 1.14 bits per heavy atom. The number of imide groups is 1. The van der Waals surface area contributed by atoms with Crippen LogP contribution < -0.4 is 4.90 Å². The van der Waals surface area contributed by atoms with Gasteiger partial charge in [-0.3, -0.25) is 9.59 Å². The number of rotatable bonds is 2. The molecular weight excluding hydrogens is 330 g/mol. The van der Waals surface area contributed by atoms with Gasteiger partial charge in [-0.1, -0.05) is 22.9 Å². The number of fused-ring (bicyclic) bond motifs is 5. The Kier molecular flexibility index (Phi) is 3.00. The number of benzene rings is 1. The maximum Gasteiger partial charge on any atom is 0.237 e. The Balaban J connectivity index is 1.77. The molecule has 0 aromatic heterocycles. The highest BCUT2D eigenvalue weighted by molar-refractivity contribution is 9.10. The van der Waals surface area contributed by atoms with Crippen LogP contribution in [0.1, 0.15) is 31.7 Å². The van der Waals surface area contributed by atoms with Crippen molar-refractivity contribution in [3.05, 3.63) is 28.2 Å². The smallest absolute Gasteiger partial charge is 0.237 e. The van der Waals surface area contributed by atoms with Crippen molar-refractivity contribution >= 4 is 33.4 Å². The molecule has 0 spiro atoms. The molecule has 3 aliphatic rings. The van der Waals surface area contributed by atoms with E-state index in [2.05, 4.69) is 22.9 Å². The average molecular weight is 348 g/mol. The molecule has 21 heavy (non-hydrogen) atoms. The highest BCUT2D eigenvalue weighted by Crippen LogP contribution is 2.56. The Morgan fingerprint density at radius 2 is 1.76 bits per heavy atom. The first kappa shape index (κ1) is 13.5. The van der Waals surface area contributed by atoms with Gasteiger partial charge >= 0.3 is 0 Å². The number of anilines is 1. The van der Waals surface area contributed by atoms with E-state index in [1.165, 1.54) is 4.90 Å². The molecule has 0 N–H and O–H groups in total. The fourth-order valence-corrected chi connectivity index (χ4v) is 5.11. The minimum atomic E-state index is -0.0374. The number of aryl methyl sites for hydroxylation is 1. The molecular formula is C17H18BrNO2. The standard InChI is InChI=1S/C17H18BrNO2/c1-2-9-8-12(18)5-6-13(9)19-16(20)14-10-3-4-11(7-10)15(14)17(19)21/h5-6,8,10-11,14-15H,2-4,7H2,1H3/t10-,11-,14-,15+/m0/s1. The molecule has 1 aromatic carbocycles. The first-order chi connectivity index (χ1) is 10.1. The summed E-state index contributed by atoms with van der Waals surface area (Å²) in [7, 11) is 0. The van der Waals surface area contributed by atoms with E-state index in [1.807, 2.05) is 18.2 Å². The zero-order valence-corrected chi connectivity index (χ0v) is 13.6. The average Bonchev–Trinajstić information content (AvgIpc) is 3.14. The summed E-state index contributed by atoms with van der Waals surface area (Å²) in [6.45, 7) is 2.06. The lowest BCUT2D eigenvalue weighted by Gasteiger charge is -2.20. The summed E-state index contributed by atoms with van der Waals surface area (Å²) in [6.07, 6.45) is 4.15. The molecule has 1 aromatic rings. The second-order valence-electron chi connectivity index (χ2n) is 6.52. The molecule has 3 nitrogen and oxygen atoms in total. The molecule has 4 atom stereocenters. The van der Waals surface area contributed by atoms with Crippen LogP contribution in [0.25, 0.3) is 0 Å². The van der Waals surface area contributed by atoms with Gasteiger partial charge < -0.3 is 0 Å². The molecule has 4 rings (SSSR count). The maximum absolute atomic E-state index is 12.8. The van der Waals surface area contributed by atoms with Crippen LogP contribution in [0, 0.1) is 23.7 Å². The normalized spacial score (nSPS) is 33.9. The Hall–Kier alpha value is -1.16. The summed E-state index contributed by atoms with van der Waals surface area (Å²) in [5.74, 6) is 0.918. The molecule has 3 fully saturated rings. The quantitative estimate of drug-likeness (QED) is 0.767. The lowest BCUT2D eigenvalue weighted by atomic mass is 9.81. The monoisotopic (exact) mass is 347 g/mol. The van der Waals surface area contributed by atoms with Crippen LogP contribution in [0.15, 0.2) is 22.7 Å². The zero-order valence-electron chi connectivity index (χ0n) is 12.0. The number of nitrogens with zero attached hydrogens (tertiary/aromatic N) is 1. The van der Waals surface area contributed by atoms with Gasteiger partial charge in [0.2, 0.25) is 11.8 Å². The van der Waals surface area contributed by atoms with Gasteiger partial charge in [0.1, 0.15) is 0 Å². The molecule has 1 saturated heterocycles. The summed E-state index contributed by atoms with van der Waals surface area (Å²) in [5.41, 5.74) is 1.85. The highest BCUT2D eigenvalue weighted by Gasteiger charge is 2.61. The van der Waals surface area contributed by atoms with Crippen LogP contribution in [0.4, 0.5) is 5.69 Å². The van der Waals surface area contributed by atoms with Gasteiger partial charge in [-0.05, 0) is 61.3 Å². The third-order valence-electron chi connectivity index (χ3n) is 5.59. The van der Waals surface area contributed by atoms with Gasteiger partial charge in [-0.25, -0.2) is 4.90 Å². The van der Waals surface area contributed by atoms with E-state index in [9.17, 15) is 9.59 Å². The number of carbonyl (C=O) groups excluding carboxylic acids is 2. The number of hydrogen-bond donors (Lipinski definition) is 0. The Bertz CT molecular complexity index is 614. The number of carbonyl (C=O) groups is 2. The maximum atomic E-state index is 12.8. The third kappa shape index (κ3) is 1.78. The van der Waals surface area contributed by atoms with Crippen molar-refractivity contribution < 1.29 is 9.59 Å². The van der Waals surface area contributed by atoms with Crippen LogP contribution in [0.2, 0.25) is 0 Å². The van der Waals surface area contributed by atoms with Crippen molar-refractivity contribution in [2.75, 3.05) is 4.90 Å². The molecule has 0 unspecified atom stereocenters. The van der Waals surface area contributed by atoms with E-state index >= 15 is 0 Å². The predicted octanol–water partition coefficient (Wildman–Crippen LogP) is 3.55. The topological polar surface area (TPSA) is 37.4 Å². The summed E-state index contributed by atoms with van der Waals surface area (Å²) in [4.78, 5) is 27.2. The summed E-state index contributed by atoms with van der Waals surface area (Å²) in [6, 6.07) is 5.83. The summed E-state index contributed by atoms with van der Waals surface area (Å²) in [5, 5.41) is 0. The van der Waals surface area contributed by atoms with E-state index in [-0.39, 0.29) is 23.7 Å². The van der Waals surface area contributed by atoms with Crippen molar-refractivity contribution in [2.24, 2.45) is 23.7 Å². The molecule has 2 saturated carbocycles. The van der Waals surface area contributed by atoms with Crippen molar-refractivity contribution in [3.8, 4) is 0 Å². The molecule has 2 bridgehead atoms. The van der Waals surface area contributed by atoms with Crippen LogP contribution >= 0.6 is 15.9 Å². The zero-order chi connectivity index (χ0) is 14.7. The molecule has 4 heteroatoms. The van der Waals surface area contributed by atoms with Crippen LogP contribution in [0.3, 0.4) is 0 Å². The van der Waals surface area contributed by atoms with Crippen LogP contribution in [-0.2, 0) is 16.0 Å². The van der Waals surface area contributed by atoms with Gasteiger partial charge in [-0.2, -0.15) is 0 Å². The van der Waals surface area contributed by atoms with Crippen molar-refractivity contribution in [1.29, 1.82) is 0 Å². The van der Waals surface area contributed by atoms with E-state index in [0.717, 1.165) is 41.4 Å². The first-order valence-corrected chi connectivity index (χ1v) is 8.57. The molecule has 0 radical (unpaired) electrons. The lowest BCUT2D eigenvalue weighted by Crippen LogP contribution is -2.33. The van der Waals surface area contributed by atoms with Crippen LogP contribution in [0.5, 0.6) is 0 Å². The van der Waals surface area contributed by atoms with E-state index in [4.69, 9.17) is 0 Å². The second-order valence-corrected chi connectivity index (χ2v) is 7.44. The second kappa shape index (κ2) is 4.67. The lowest BCUT2D eigenvalue weighted by molar-refractivity contribution is -0.123. The van der Waals surface area contributed by atoms with Gasteiger partial charge in [0, 0.05) is 4.47 Å². The summed E-state index contributed by atoms with van der Waals surface area (Å²) < 4.78 is 0.988. The highest BCUT2D eigenvalue weighted by atomic mass is 79.9. The van der Waals surface area contributed by atoms with Crippen LogP contribution in [-0.4, -0.2) is 11.8 Å². The van der Waals surface area contributed by atoms with Gasteiger partial charge in [-0.15, -0.1) is 0 Å². The van der Waals surface area contributed by atoms with Gasteiger partial charge in [0.15, 0.2) is 0 Å². The minimum absolute atomic E-state index is 0.0374. The van der Waals surface area contributed by atoms with E-state index in [0.29, 0.717) is 11.8 Å². The molecule has 110 valence electrons. The Labute approximate surface area is 132 Å². The molecule has 1 heterocycles. The summed E-state index contributed by atoms with van der Waals surface area (Å²) >= 11 is 3.47.